The van der Waals surface area contributed by atoms with Crippen LogP contribution in [0.25, 0.3) is 10.9 Å². The highest BCUT2D eigenvalue weighted by Crippen LogP contribution is 2.33. The molecule has 3 heterocycles. The fraction of sp³-hybridized carbons (Fsp3) is 0.556. The highest BCUT2D eigenvalue weighted by Gasteiger charge is 2.37. The van der Waals surface area contributed by atoms with Crippen molar-refractivity contribution in [1.82, 2.24) is 20.4 Å². The quantitative estimate of drug-likeness (QED) is 0.855. The Bertz CT molecular complexity index is 837. The number of carbonyl (C=O) groups is 1. The Labute approximate surface area is 154 Å². The van der Waals surface area contributed by atoms with E-state index in [4.69, 9.17) is 0 Å². The molecule has 2 aliphatic heterocycles. The van der Waals surface area contributed by atoms with Crippen LogP contribution in [0, 0.1) is 0 Å². The number of halogens is 3. The molecule has 0 saturated carbocycles. The Balaban J connectivity index is 1.52. The minimum Gasteiger partial charge on any atom is -0.406 e. The van der Waals surface area contributed by atoms with Gasteiger partial charge in [0.25, 0.3) is 5.91 Å². The number of aromatic amines is 1. The number of hydrogen-bond donors (Lipinski definition) is 2. The van der Waals surface area contributed by atoms with Crippen molar-refractivity contribution in [1.29, 1.82) is 0 Å². The third-order valence-electron chi connectivity index (χ3n) is 5.66. The molecule has 1 unspecified atom stereocenters. The molecule has 1 amide bonds. The van der Waals surface area contributed by atoms with Crippen LogP contribution >= 0.6 is 0 Å². The predicted octanol–water partition coefficient (Wildman–Crippen LogP) is 3.21. The molecule has 6 nitrogen and oxygen atoms in total. The number of H-pyrrole nitrogens is 1. The van der Waals surface area contributed by atoms with Gasteiger partial charge in [-0.15, -0.1) is 13.2 Å². The summed E-state index contributed by atoms with van der Waals surface area (Å²) >= 11 is 0. The fourth-order valence-electron chi connectivity index (χ4n) is 4.35. The van der Waals surface area contributed by atoms with Crippen LogP contribution in [0.4, 0.5) is 13.2 Å². The van der Waals surface area contributed by atoms with Crippen LogP contribution in [0.5, 0.6) is 5.75 Å². The van der Waals surface area contributed by atoms with Gasteiger partial charge in [-0.3, -0.25) is 9.89 Å². The van der Waals surface area contributed by atoms with Crippen molar-refractivity contribution in [2.75, 3.05) is 7.05 Å². The van der Waals surface area contributed by atoms with E-state index in [9.17, 15) is 18.0 Å². The summed E-state index contributed by atoms with van der Waals surface area (Å²) in [4.78, 5) is 15.1. The van der Waals surface area contributed by atoms with Gasteiger partial charge in [-0.05, 0) is 50.9 Å². The monoisotopic (exact) mass is 382 g/mol. The summed E-state index contributed by atoms with van der Waals surface area (Å²) in [5.41, 5.74) is 0.566. The highest BCUT2D eigenvalue weighted by atomic mass is 19.4. The lowest BCUT2D eigenvalue weighted by atomic mass is 9.82. The van der Waals surface area contributed by atoms with Gasteiger partial charge < -0.3 is 15.0 Å². The maximum absolute atomic E-state index is 12.7. The Morgan fingerprint density at radius 1 is 1.30 bits per heavy atom. The summed E-state index contributed by atoms with van der Waals surface area (Å²) in [5.74, 6) is -0.752. The summed E-state index contributed by atoms with van der Waals surface area (Å²) in [6.07, 6.45) is 0.441. The molecule has 2 N–H and O–H groups in total. The maximum Gasteiger partial charge on any atom is 0.573 e. The Morgan fingerprint density at radius 3 is 2.67 bits per heavy atom. The summed E-state index contributed by atoms with van der Waals surface area (Å²) < 4.78 is 41.3. The van der Waals surface area contributed by atoms with E-state index in [2.05, 4.69) is 32.2 Å². The number of piperidine rings is 2. The second-order valence-corrected chi connectivity index (χ2v) is 7.37. The Kier molecular flexibility index (Phi) is 4.49. The molecule has 2 fully saturated rings. The summed E-state index contributed by atoms with van der Waals surface area (Å²) in [6.45, 7) is 0. The van der Waals surface area contributed by atoms with Crippen molar-refractivity contribution in [3.05, 3.63) is 23.9 Å². The van der Waals surface area contributed by atoms with Crippen molar-refractivity contribution in [2.45, 2.75) is 56.6 Å². The van der Waals surface area contributed by atoms with Crippen molar-refractivity contribution in [3.63, 3.8) is 0 Å². The number of ether oxygens (including phenoxy) is 1. The zero-order valence-corrected chi connectivity index (χ0v) is 14.8. The minimum absolute atomic E-state index is 0.0466. The summed E-state index contributed by atoms with van der Waals surface area (Å²) in [6, 6.07) is 4.76. The molecule has 4 rings (SSSR count). The van der Waals surface area contributed by atoms with E-state index < -0.39 is 6.36 Å². The van der Waals surface area contributed by atoms with Gasteiger partial charge >= 0.3 is 6.36 Å². The fourth-order valence-corrected chi connectivity index (χ4v) is 4.35. The lowest BCUT2D eigenvalue weighted by Crippen LogP contribution is -2.55. The van der Waals surface area contributed by atoms with Gasteiger partial charge in [-0.2, -0.15) is 5.10 Å². The van der Waals surface area contributed by atoms with Crippen molar-refractivity contribution < 1.29 is 22.7 Å². The molecule has 2 aliphatic rings. The van der Waals surface area contributed by atoms with E-state index >= 15 is 0 Å². The number of aromatic nitrogens is 2. The number of hydrogen-bond acceptors (Lipinski definition) is 4. The third kappa shape index (κ3) is 3.73. The summed E-state index contributed by atoms with van der Waals surface area (Å²) in [7, 11) is 2.13. The molecule has 1 aromatic carbocycles. The second kappa shape index (κ2) is 6.70. The first-order chi connectivity index (χ1) is 12.8. The van der Waals surface area contributed by atoms with E-state index in [0.29, 0.717) is 23.0 Å². The van der Waals surface area contributed by atoms with Crippen LogP contribution in [0.15, 0.2) is 18.2 Å². The molecule has 2 aromatic rings. The number of amides is 1. The Morgan fingerprint density at radius 2 is 2.00 bits per heavy atom. The van der Waals surface area contributed by atoms with E-state index in [0.717, 1.165) is 25.7 Å². The first-order valence-electron chi connectivity index (χ1n) is 9.07. The predicted molar refractivity (Wildman–Crippen MR) is 92.5 cm³/mol. The van der Waals surface area contributed by atoms with E-state index in [1.807, 2.05) is 0 Å². The van der Waals surface area contributed by atoms with Gasteiger partial charge in [0.05, 0.1) is 5.52 Å². The van der Waals surface area contributed by atoms with Gasteiger partial charge in [-0.1, -0.05) is 6.42 Å². The van der Waals surface area contributed by atoms with E-state index in [1.165, 1.54) is 24.6 Å². The highest BCUT2D eigenvalue weighted by molar-refractivity contribution is 6.05. The number of benzene rings is 1. The van der Waals surface area contributed by atoms with Crippen LogP contribution in [0.1, 0.15) is 42.6 Å². The van der Waals surface area contributed by atoms with Crippen molar-refractivity contribution in [3.8, 4) is 5.75 Å². The smallest absolute Gasteiger partial charge is 0.406 e. The van der Waals surface area contributed by atoms with Crippen molar-refractivity contribution in [2.24, 2.45) is 0 Å². The van der Waals surface area contributed by atoms with Gasteiger partial charge in [0.15, 0.2) is 5.69 Å². The molecule has 2 bridgehead atoms. The number of rotatable bonds is 3. The molecule has 27 heavy (non-hydrogen) atoms. The van der Waals surface area contributed by atoms with E-state index in [-0.39, 0.29) is 23.4 Å². The first kappa shape index (κ1) is 18.1. The lowest BCUT2D eigenvalue weighted by Gasteiger charge is -2.47. The minimum atomic E-state index is -4.79. The van der Waals surface area contributed by atoms with Gasteiger partial charge in [0.1, 0.15) is 5.75 Å². The molecular weight excluding hydrogens is 361 g/mol. The van der Waals surface area contributed by atoms with E-state index in [1.54, 1.807) is 0 Å². The number of fused-ring (bicyclic) bond motifs is 3. The van der Waals surface area contributed by atoms with Crippen molar-refractivity contribution >= 4 is 16.8 Å². The molecule has 3 atom stereocenters. The van der Waals surface area contributed by atoms with Crippen LogP contribution in [0.3, 0.4) is 0 Å². The van der Waals surface area contributed by atoms with Gasteiger partial charge in [-0.25, -0.2) is 0 Å². The number of nitrogens with zero attached hydrogens (tertiary/aromatic N) is 2. The van der Waals surface area contributed by atoms with Crippen LogP contribution in [-0.4, -0.2) is 52.5 Å². The number of alkyl halides is 3. The lowest BCUT2D eigenvalue weighted by molar-refractivity contribution is -0.274. The number of nitrogens with one attached hydrogen (secondary N) is 2. The zero-order valence-electron chi connectivity index (χ0n) is 14.8. The molecular formula is C18H21F3N4O2. The molecule has 0 aliphatic carbocycles. The molecule has 0 spiro atoms. The molecule has 2 saturated heterocycles. The largest absolute Gasteiger partial charge is 0.573 e. The first-order valence-corrected chi connectivity index (χ1v) is 9.07. The topological polar surface area (TPSA) is 70.2 Å². The standard InChI is InChI=1S/C18H21F3N4O2/c1-25-11-3-2-4-12(25)8-10(7-11)22-17(26)16-14-9-13(27-18(19,20)21)5-6-15(14)23-24-16/h5-6,9-12H,2-4,7-8H2,1H3,(H,22,26)(H,23,24)/t10?,11-,12+. The summed E-state index contributed by atoms with van der Waals surface area (Å²) in [5, 5.41) is 10.0. The van der Waals surface area contributed by atoms with Gasteiger partial charge in [0, 0.05) is 23.5 Å². The molecule has 0 radical (unpaired) electrons. The second-order valence-electron chi connectivity index (χ2n) is 7.37. The SMILES string of the molecule is CN1[C@@H]2CCC[C@H]1CC(NC(=O)c1n[nH]c3ccc(OC(F)(F)F)cc13)C2. The molecule has 146 valence electrons. The van der Waals surface area contributed by atoms with Crippen LogP contribution in [0.2, 0.25) is 0 Å². The number of carbonyl (C=O) groups excluding carboxylic acids is 1. The molecule has 9 heteroatoms. The maximum atomic E-state index is 12.7. The third-order valence-corrected chi connectivity index (χ3v) is 5.66. The average Bonchev–Trinajstić information content (AvgIpc) is 2.97. The molecule has 1 aromatic heterocycles. The van der Waals surface area contributed by atoms with Crippen LogP contribution < -0.4 is 10.1 Å². The Hall–Kier alpha value is -2.29. The van der Waals surface area contributed by atoms with Crippen LogP contribution in [-0.2, 0) is 0 Å². The zero-order chi connectivity index (χ0) is 19.2. The van der Waals surface area contributed by atoms with Gasteiger partial charge in [0.2, 0.25) is 0 Å². The average molecular weight is 382 g/mol. The normalized spacial score (nSPS) is 26.1.